The van der Waals surface area contributed by atoms with E-state index in [4.69, 9.17) is 13.9 Å². The number of para-hydroxylation sites is 1. The Hall–Kier alpha value is -4.09. The monoisotopic (exact) mass is 538 g/mol. The highest BCUT2D eigenvalue weighted by atomic mass is 79.9. The summed E-state index contributed by atoms with van der Waals surface area (Å²) >= 11 is 3.39. The van der Waals surface area contributed by atoms with E-state index in [2.05, 4.69) is 15.9 Å². The predicted octanol–water partition coefficient (Wildman–Crippen LogP) is 7.88. The molecule has 36 heavy (non-hydrogen) atoms. The summed E-state index contributed by atoms with van der Waals surface area (Å²) in [5.41, 5.74) is 3.46. The number of benzene rings is 4. The third-order valence-corrected chi connectivity index (χ3v) is 6.39. The zero-order valence-corrected chi connectivity index (χ0v) is 21.0. The second kappa shape index (κ2) is 11.1. The number of fused-ring (bicyclic) bond motifs is 1. The number of hydrogen-bond donors (Lipinski definition) is 0. The van der Waals surface area contributed by atoms with Gasteiger partial charge in [-0.25, -0.2) is 0 Å². The van der Waals surface area contributed by atoms with E-state index < -0.39 is 0 Å². The highest BCUT2D eigenvalue weighted by Crippen LogP contribution is 2.31. The van der Waals surface area contributed by atoms with E-state index in [0.29, 0.717) is 45.9 Å². The first-order chi connectivity index (χ1) is 17.7. The van der Waals surface area contributed by atoms with Gasteiger partial charge in [-0.05, 0) is 63.0 Å². The van der Waals surface area contributed by atoms with E-state index in [1.807, 2.05) is 97.1 Å². The number of ether oxygens (including phenoxy) is 2. The highest BCUT2D eigenvalue weighted by Gasteiger charge is 2.11. The van der Waals surface area contributed by atoms with Gasteiger partial charge in [-0.3, -0.25) is 4.79 Å². The summed E-state index contributed by atoms with van der Waals surface area (Å²) in [5, 5.41) is 0.540. The summed E-state index contributed by atoms with van der Waals surface area (Å²) in [6.45, 7) is 0.855. The second-order valence-corrected chi connectivity index (χ2v) is 8.99. The van der Waals surface area contributed by atoms with Crippen LogP contribution in [-0.2, 0) is 13.2 Å². The van der Waals surface area contributed by atoms with Gasteiger partial charge in [0.2, 0.25) is 5.43 Å². The third kappa shape index (κ3) is 5.58. The van der Waals surface area contributed by atoms with Crippen LogP contribution in [0.2, 0.25) is 0 Å². The summed E-state index contributed by atoms with van der Waals surface area (Å²) in [6.07, 6.45) is 3.66. The van der Waals surface area contributed by atoms with Crippen molar-refractivity contribution in [3.8, 4) is 11.5 Å². The fraction of sp³-hybridized carbons (Fsp3) is 0.0645. The molecule has 0 amide bonds. The largest absolute Gasteiger partial charge is 0.485 e. The van der Waals surface area contributed by atoms with Crippen molar-refractivity contribution in [3.05, 3.63) is 140 Å². The first-order valence-corrected chi connectivity index (χ1v) is 12.3. The van der Waals surface area contributed by atoms with Gasteiger partial charge in [-0.2, -0.15) is 0 Å². The second-order valence-electron chi connectivity index (χ2n) is 8.19. The van der Waals surface area contributed by atoms with Crippen molar-refractivity contribution in [2.24, 2.45) is 0 Å². The molecule has 0 aliphatic carbocycles. The van der Waals surface area contributed by atoms with Crippen LogP contribution in [0.4, 0.5) is 0 Å². The molecule has 0 saturated heterocycles. The summed E-state index contributed by atoms with van der Waals surface area (Å²) in [5.74, 6) is 1.75. The Bertz CT molecular complexity index is 1560. The van der Waals surface area contributed by atoms with Gasteiger partial charge in [0.15, 0.2) is 11.5 Å². The van der Waals surface area contributed by atoms with Crippen molar-refractivity contribution in [2.45, 2.75) is 13.2 Å². The predicted molar refractivity (Wildman–Crippen MR) is 147 cm³/mol. The van der Waals surface area contributed by atoms with Crippen LogP contribution in [0.25, 0.3) is 23.1 Å². The van der Waals surface area contributed by atoms with Crippen molar-refractivity contribution in [2.75, 3.05) is 0 Å². The molecule has 0 spiro atoms. The average Bonchev–Trinajstić information content (AvgIpc) is 2.93. The molecule has 0 bridgehead atoms. The SMILES string of the molecule is O=c1c(Br)c(/C=C/c2ccc(OCc3ccccc3)c(OCc3ccccc3)c2)oc2ccccc12. The van der Waals surface area contributed by atoms with Crippen LogP contribution < -0.4 is 14.9 Å². The van der Waals surface area contributed by atoms with Crippen LogP contribution in [0.5, 0.6) is 11.5 Å². The van der Waals surface area contributed by atoms with Gasteiger partial charge in [-0.1, -0.05) is 84.9 Å². The minimum Gasteiger partial charge on any atom is -0.485 e. The van der Waals surface area contributed by atoms with E-state index in [1.165, 1.54) is 0 Å². The van der Waals surface area contributed by atoms with E-state index in [1.54, 1.807) is 18.2 Å². The molecular weight excluding hydrogens is 516 g/mol. The molecule has 0 unspecified atom stereocenters. The van der Waals surface area contributed by atoms with Crippen LogP contribution in [0, 0.1) is 0 Å². The summed E-state index contributed by atoms with van der Waals surface area (Å²) in [7, 11) is 0. The molecule has 178 valence electrons. The molecule has 5 heteroatoms. The highest BCUT2D eigenvalue weighted by molar-refractivity contribution is 9.10. The zero-order valence-electron chi connectivity index (χ0n) is 19.4. The van der Waals surface area contributed by atoms with Crippen LogP contribution in [0.3, 0.4) is 0 Å². The number of hydrogen-bond acceptors (Lipinski definition) is 4. The maximum atomic E-state index is 12.7. The van der Waals surface area contributed by atoms with Crippen molar-refractivity contribution >= 4 is 39.1 Å². The summed E-state index contributed by atoms with van der Waals surface area (Å²) < 4.78 is 18.6. The van der Waals surface area contributed by atoms with Crippen molar-refractivity contribution in [1.29, 1.82) is 0 Å². The van der Waals surface area contributed by atoms with E-state index in [0.717, 1.165) is 16.7 Å². The minimum absolute atomic E-state index is 0.104. The molecule has 5 aromatic rings. The molecule has 4 nitrogen and oxygen atoms in total. The van der Waals surface area contributed by atoms with Gasteiger partial charge in [0.05, 0.1) is 5.39 Å². The van der Waals surface area contributed by atoms with E-state index in [9.17, 15) is 4.79 Å². The molecule has 0 atom stereocenters. The van der Waals surface area contributed by atoms with Crippen molar-refractivity contribution in [1.82, 2.24) is 0 Å². The molecule has 0 radical (unpaired) electrons. The Morgan fingerprint density at radius 1 is 0.694 bits per heavy atom. The Morgan fingerprint density at radius 3 is 2.00 bits per heavy atom. The molecule has 4 aromatic carbocycles. The Labute approximate surface area is 217 Å². The Morgan fingerprint density at radius 2 is 1.31 bits per heavy atom. The summed E-state index contributed by atoms with van der Waals surface area (Å²) in [6, 6.07) is 33.0. The standard InChI is InChI=1S/C31H23BrO4/c32-30-28(36-26-14-8-7-13-25(26)31(30)33)18-16-22-15-17-27(34-20-23-9-3-1-4-10-23)29(19-22)35-21-24-11-5-2-6-12-24/h1-19H,20-21H2/b18-16+. The molecule has 1 heterocycles. The normalized spacial score (nSPS) is 11.1. The molecule has 0 aliphatic rings. The first-order valence-electron chi connectivity index (χ1n) is 11.5. The Balaban J connectivity index is 1.42. The van der Waals surface area contributed by atoms with Crippen LogP contribution in [0.15, 0.2) is 117 Å². The maximum absolute atomic E-state index is 12.7. The van der Waals surface area contributed by atoms with Crippen LogP contribution >= 0.6 is 15.9 Å². The lowest BCUT2D eigenvalue weighted by atomic mass is 10.1. The molecule has 0 fully saturated rings. The first kappa shape index (κ1) is 23.6. The Kier molecular flexibility index (Phi) is 7.29. The quantitative estimate of drug-likeness (QED) is 0.201. The van der Waals surface area contributed by atoms with Gasteiger partial charge in [0.1, 0.15) is 29.0 Å². The molecule has 0 N–H and O–H groups in total. The molecule has 1 aromatic heterocycles. The van der Waals surface area contributed by atoms with Crippen LogP contribution in [-0.4, -0.2) is 0 Å². The van der Waals surface area contributed by atoms with Crippen molar-refractivity contribution < 1.29 is 13.9 Å². The third-order valence-electron chi connectivity index (χ3n) is 5.64. The van der Waals surface area contributed by atoms with Gasteiger partial charge in [0, 0.05) is 0 Å². The number of halogens is 1. The lowest BCUT2D eigenvalue weighted by Gasteiger charge is -2.14. The fourth-order valence-corrected chi connectivity index (χ4v) is 4.17. The lowest BCUT2D eigenvalue weighted by Crippen LogP contribution is -2.03. The van der Waals surface area contributed by atoms with E-state index in [-0.39, 0.29) is 5.43 Å². The van der Waals surface area contributed by atoms with Gasteiger partial charge in [0.25, 0.3) is 0 Å². The van der Waals surface area contributed by atoms with Gasteiger partial charge >= 0.3 is 0 Å². The van der Waals surface area contributed by atoms with Crippen molar-refractivity contribution in [3.63, 3.8) is 0 Å². The molecule has 0 saturated carbocycles. The maximum Gasteiger partial charge on any atom is 0.207 e. The molecular formula is C31H23BrO4. The smallest absolute Gasteiger partial charge is 0.207 e. The lowest BCUT2D eigenvalue weighted by molar-refractivity contribution is 0.256. The van der Waals surface area contributed by atoms with Crippen LogP contribution in [0.1, 0.15) is 22.5 Å². The molecule has 5 rings (SSSR count). The number of rotatable bonds is 8. The van der Waals surface area contributed by atoms with Gasteiger partial charge in [-0.15, -0.1) is 0 Å². The minimum atomic E-state index is -0.104. The summed E-state index contributed by atoms with van der Waals surface area (Å²) in [4.78, 5) is 12.7. The van der Waals surface area contributed by atoms with Gasteiger partial charge < -0.3 is 13.9 Å². The average molecular weight is 539 g/mol. The zero-order chi connectivity index (χ0) is 24.7. The topological polar surface area (TPSA) is 48.7 Å². The molecule has 0 aliphatic heterocycles. The fourth-order valence-electron chi connectivity index (χ4n) is 3.75. The van der Waals surface area contributed by atoms with E-state index >= 15 is 0 Å².